The summed E-state index contributed by atoms with van der Waals surface area (Å²) in [6.07, 6.45) is 3.66. The highest BCUT2D eigenvalue weighted by atomic mass is 32.1. The van der Waals surface area contributed by atoms with Crippen LogP contribution < -0.4 is 5.32 Å². The van der Waals surface area contributed by atoms with Crippen LogP contribution in [0.5, 0.6) is 0 Å². The second-order valence-electron chi connectivity index (χ2n) is 4.01. The van der Waals surface area contributed by atoms with E-state index in [0.717, 1.165) is 36.5 Å². The normalized spacial score (nSPS) is 15.9. The summed E-state index contributed by atoms with van der Waals surface area (Å²) in [5.41, 5.74) is 0. The predicted octanol–water partition coefficient (Wildman–Crippen LogP) is 1.61. The zero-order valence-electron chi connectivity index (χ0n) is 9.36. The van der Waals surface area contributed by atoms with E-state index in [0.29, 0.717) is 0 Å². The maximum atomic E-state index is 4.36. The zero-order chi connectivity index (χ0) is 10.7. The third-order valence-corrected chi connectivity index (χ3v) is 3.41. The van der Waals surface area contributed by atoms with E-state index in [-0.39, 0.29) is 0 Å². The van der Waals surface area contributed by atoms with Gasteiger partial charge in [-0.15, -0.1) is 0 Å². The predicted molar refractivity (Wildman–Crippen MR) is 63.4 cm³/mol. The number of anilines is 1. The van der Waals surface area contributed by atoms with Crippen LogP contribution in [0.25, 0.3) is 0 Å². The van der Waals surface area contributed by atoms with Crippen molar-refractivity contribution in [2.75, 3.05) is 25.5 Å². The van der Waals surface area contributed by atoms with Crippen LogP contribution in [-0.4, -0.2) is 40.4 Å². The highest BCUT2D eigenvalue weighted by molar-refractivity contribution is 7.09. The molecule has 0 atom stereocenters. The van der Waals surface area contributed by atoms with Gasteiger partial charge in [0, 0.05) is 37.1 Å². The Labute approximate surface area is 94.9 Å². The Morgan fingerprint density at radius 3 is 2.93 bits per heavy atom. The van der Waals surface area contributed by atoms with Crippen molar-refractivity contribution in [3.05, 3.63) is 5.82 Å². The fourth-order valence-corrected chi connectivity index (χ4v) is 2.18. The monoisotopic (exact) mass is 226 g/mol. The molecule has 1 heterocycles. The fraction of sp³-hybridized carbons (Fsp3) is 0.800. The summed E-state index contributed by atoms with van der Waals surface area (Å²) in [6.45, 7) is 4.13. The molecule has 1 fully saturated rings. The molecule has 0 bridgehead atoms. The van der Waals surface area contributed by atoms with E-state index in [4.69, 9.17) is 0 Å². The van der Waals surface area contributed by atoms with Crippen molar-refractivity contribution in [3.8, 4) is 0 Å². The number of aryl methyl sites for hydroxylation is 1. The molecule has 0 unspecified atom stereocenters. The Hall–Kier alpha value is -0.680. The first-order valence-electron chi connectivity index (χ1n) is 5.56. The second-order valence-corrected chi connectivity index (χ2v) is 4.76. The van der Waals surface area contributed by atoms with Gasteiger partial charge in [-0.3, -0.25) is 0 Å². The summed E-state index contributed by atoms with van der Waals surface area (Å²) in [5.74, 6) is 0.943. The summed E-state index contributed by atoms with van der Waals surface area (Å²) in [6, 6.07) is 0.840. The fourth-order valence-electron chi connectivity index (χ4n) is 1.51. The van der Waals surface area contributed by atoms with Gasteiger partial charge in [-0.2, -0.15) is 4.37 Å². The summed E-state index contributed by atoms with van der Waals surface area (Å²) in [4.78, 5) is 6.78. The van der Waals surface area contributed by atoms with Crippen LogP contribution in [0.3, 0.4) is 0 Å². The Kier molecular flexibility index (Phi) is 3.53. The SMILES string of the molecule is CCc1nsc(NCCN(C)C2CC2)n1. The number of aromatic nitrogens is 2. The van der Waals surface area contributed by atoms with Gasteiger partial charge in [0.15, 0.2) is 0 Å². The zero-order valence-corrected chi connectivity index (χ0v) is 10.2. The van der Waals surface area contributed by atoms with Gasteiger partial charge in [-0.1, -0.05) is 6.92 Å². The first-order chi connectivity index (χ1) is 7.29. The molecule has 0 amide bonds. The molecule has 2 rings (SSSR count). The first-order valence-corrected chi connectivity index (χ1v) is 6.33. The van der Waals surface area contributed by atoms with Crippen LogP contribution in [0.4, 0.5) is 5.13 Å². The molecule has 0 spiro atoms. The Morgan fingerprint density at radius 2 is 2.33 bits per heavy atom. The van der Waals surface area contributed by atoms with E-state index in [9.17, 15) is 0 Å². The summed E-state index contributed by atoms with van der Waals surface area (Å²) in [5, 5.41) is 4.27. The summed E-state index contributed by atoms with van der Waals surface area (Å²) < 4.78 is 4.23. The van der Waals surface area contributed by atoms with Gasteiger partial charge in [-0.05, 0) is 19.9 Å². The summed E-state index contributed by atoms with van der Waals surface area (Å²) in [7, 11) is 2.19. The van der Waals surface area contributed by atoms with E-state index in [1.165, 1.54) is 24.4 Å². The molecule has 1 aliphatic rings. The molecule has 1 saturated carbocycles. The van der Waals surface area contributed by atoms with E-state index in [1.807, 2.05) is 0 Å². The van der Waals surface area contributed by atoms with Gasteiger partial charge in [-0.25, -0.2) is 4.98 Å². The average molecular weight is 226 g/mol. The largest absolute Gasteiger partial charge is 0.359 e. The van der Waals surface area contributed by atoms with Crippen LogP contribution in [0.1, 0.15) is 25.6 Å². The van der Waals surface area contributed by atoms with Crippen molar-refractivity contribution in [2.45, 2.75) is 32.2 Å². The minimum atomic E-state index is 0.840. The van der Waals surface area contributed by atoms with Crippen LogP contribution in [0.15, 0.2) is 0 Å². The smallest absolute Gasteiger partial charge is 0.202 e. The van der Waals surface area contributed by atoms with Gasteiger partial charge in [0.2, 0.25) is 5.13 Å². The molecule has 1 aliphatic carbocycles. The lowest BCUT2D eigenvalue weighted by atomic mass is 10.5. The lowest BCUT2D eigenvalue weighted by molar-refractivity contribution is 0.337. The van der Waals surface area contributed by atoms with Crippen LogP contribution >= 0.6 is 11.5 Å². The molecule has 84 valence electrons. The van der Waals surface area contributed by atoms with Gasteiger partial charge in [0.1, 0.15) is 5.82 Å². The van der Waals surface area contributed by atoms with Crippen LogP contribution in [0, 0.1) is 0 Å². The molecular weight excluding hydrogens is 208 g/mol. The molecule has 5 heteroatoms. The molecular formula is C10H18N4S. The number of likely N-dealkylation sites (N-methyl/N-ethyl adjacent to an activating group) is 1. The van der Waals surface area contributed by atoms with E-state index < -0.39 is 0 Å². The van der Waals surface area contributed by atoms with Crippen molar-refractivity contribution in [1.29, 1.82) is 0 Å². The van der Waals surface area contributed by atoms with Crippen molar-refractivity contribution in [3.63, 3.8) is 0 Å². The van der Waals surface area contributed by atoms with E-state index in [2.05, 4.69) is 33.5 Å². The van der Waals surface area contributed by atoms with Gasteiger partial charge in [0.25, 0.3) is 0 Å². The quantitative estimate of drug-likeness (QED) is 0.800. The van der Waals surface area contributed by atoms with Crippen molar-refractivity contribution in [1.82, 2.24) is 14.3 Å². The summed E-state index contributed by atoms with van der Waals surface area (Å²) >= 11 is 1.46. The maximum Gasteiger partial charge on any atom is 0.202 e. The van der Waals surface area contributed by atoms with Crippen LogP contribution in [-0.2, 0) is 6.42 Å². The molecule has 0 saturated heterocycles. The van der Waals surface area contributed by atoms with Crippen molar-refractivity contribution >= 4 is 16.7 Å². The average Bonchev–Trinajstić information content (AvgIpc) is 2.99. The Balaban J connectivity index is 1.68. The van der Waals surface area contributed by atoms with Crippen LogP contribution in [0.2, 0.25) is 0 Å². The molecule has 0 aromatic carbocycles. The molecule has 1 aromatic heterocycles. The van der Waals surface area contributed by atoms with E-state index >= 15 is 0 Å². The van der Waals surface area contributed by atoms with E-state index in [1.54, 1.807) is 0 Å². The Bertz CT molecular complexity index is 308. The minimum Gasteiger partial charge on any atom is -0.359 e. The third-order valence-electron chi connectivity index (χ3n) is 2.70. The lowest BCUT2D eigenvalue weighted by Gasteiger charge is -2.14. The molecule has 1 N–H and O–H groups in total. The number of hydrogen-bond donors (Lipinski definition) is 1. The second kappa shape index (κ2) is 4.90. The molecule has 0 radical (unpaired) electrons. The highest BCUT2D eigenvalue weighted by Gasteiger charge is 2.25. The molecule has 15 heavy (non-hydrogen) atoms. The standard InChI is InChI=1S/C10H18N4S/c1-3-9-12-10(15-13-9)11-6-7-14(2)8-4-5-8/h8H,3-7H2,1-2H3,(H,11,12,13). The van der Waals surface area contributed by atoms with Gasteiger partial charge in [0.05, 0.1) is 0 Å². The number of hydrogen-bond acceptors (Lipinski definition) is 5. The van der Waals surface area contributed by atoms with Gasteiger partial charge >= 0.3 is 0 Å². The lowest BCUT2D eigenvalue weighted by Crippen LogP contribution is -2.26. The highest BCUT2D eigenvalue weighted by Crippen LogP contribution is 2.24. The Morgan fingerprint density at radius 1 is 1.53 bits per heavy atom. The number of nitrogens with one attached hydrogen (secondary N) is 1. The van der Waals surface area contributed by atoms with Crippen molar-refractivity contribution in [2.24, 2.45) is 0 Å². The number of nitrogens with zero attached hydrogens (tertiary/aromatic N) is 3. The van der Waals surface area contributed by atoms with Crippen molar-refractivity contribution < 1.29 is 0 Å². The minimum absolute atomic E-state index is 0.840. The van der Waals surface area contributed by atoms with Gasteiger partial charge < -0.3 is 10.2 Å². The maximum absolute atomic E-state index is 4.36. The molecule has 4 nitrogen and oxygen atoms in total. The third kappa shape index (κ3) is 3.14. The first kappa shape index (κ1) is 10.8. The number of rotatable bonds is 6. The molecule has 1 aromatic rings. The molecule has 0 aliphatic heterocycles. The topological polar surface area (TPSA) is 41.1 Å².